The van der Waals surface area contributed by atoms with E-state index in [1.54, 1.807) is 4.90 Å². The van der Waals surface area contributed by atoms with E-state index in [2.05, 4.69) is 4.99 Å². The Morgan fingerprint density at radius 3 is 2.00 bits per heavy atom. The lowest BCUT2D eigenvalue weighted by Crippen LogP contribution is -2.29. The first kappa shape index (κ1) is 17.9. The quantitative estimate of drug-likeness (QED) is 0.266. The number of alkyl halides is 1. The van der Waals surface area contributed by atoms with Gasteiger partial charge in [0.25, 0.3) is 0 Å². The van der Waals surface area contributed by atoms with E-state index in [1.165, 1.54) is 11.1 Å². The predicted octanol–water partition coefficient (Wildman–Crippen LogP) is 6.36. The highest BCUT2D eigenvalue weighted by Gasteiger charge is 2.16. The third kappa shape index (κ3) is 4.74. The fourth-order valence-corrected chi connectivity index (χ4v) is 2.52. The van der Waals surface area contributed by atoms with Crippen molar-refractivity contribution < 1.29 is 0 Å². The molecular weight excluding hydrogens is 351 g/mol. The third-order valence-corrected chi connectivity index (χ3v) is 4.10. The molecule has 0 bridgehead atoms. The van der Waals surface area contributed by atoms with Gasteiger partial charge in [0, 0.05) is 11.2 Å². The molecule has 0 saturated carbocycles. The van der Waals surface area contributed by atoms with Crippen molar-refractivity contribution >= 4 is 52.0 Å². The zero-order valence-corrected chi connectivity index (χ0v) is 15.2. The van der Waals surface area contributed by atoms with Gasteiger partial charge in [-0.15, -0.1) is 11.6 Å². The van der Waals surface area contributed by atoms with Crippen LogP contribution in [0.5, 0.6) is 0 Å². The topological polar surface area (TPSA) is 15.6 Å². The number of amidine groups is 1. The fraction of sp³-hybridized carbons (Fsp3) is 0.167. The molecule has 0 atom stereocenters. The highest BCUT2D eigenvalue weighted by Crippen LogP contribution is 2.25. The Kier molecular flexibility index (Phi) is 6.52. The highest BCUT2D eigenvalue weighted by atomic mass is 35.5. The molecule has 2 nitrogen and oxygen atoms in total. The number of rotatable bonds is 4. The first-order valence-corrected chi connectivity index (χ1v) is 8.43. The Balaban J connectivity index is 2.47. The van der Waals surface area contributed by atoms with Crippen molar-refractivity contribution in [3.8, 4) is 0 Å². The van der Waals surface area contributed by atoms with E-state index in [9.17, 15) is 0 Å². The van der Waals surface area contributed by atoms with Gasteiger partial charge in [0.05, 0.1) is 11.6 Å². The summed E-state index contributed by atoms with van der Waals surface area (Å²) in [5.41, 5.74) is 5.29. The van der Waals surface area contributed by atoms with Crippen molar-refractivity contribution in [3.05, 3.63) is 70.3 Å². The lowest BCUT2D eigenvalue weighted by atomic mass is 10.2. The number of halogens is 3. The summed E-state index contributed by atoms with van der Waals surface area (Å²) in [6.07, 6.45) is 0. The lowest BCUT2D eigenvalue weighted by molar-refractivity contribution is 1.27. The van der Waals surface area contributed by atoms with Crippen LogP contribution in [0.1, 0.15) is 11.1 Å². The molecule has 2 aromatic rings. The molecule has 5 heteroatoms. The fourth-order valence-electron chi connectivity index (χ4n) is 2.05. The summed E-state index contributed by atoms with van der Waals surface area (Å²) in [6.45, 7) is 4.05. The zero-order valence-electron chi connectivity index (χ0n) is 12.9. The van der Waals surface area contributed by atoms with E-state index in [4.69, 9.17) is 34.8 Å². The smallest absolute Gasteiger partial charge is 0.129 e. The molecule has 0 aliphatic rings. The molecule has 0 radical (unpaired) electrons. The van der Waals surface area contributed by atoms with Crippen molar-refractivity contribution in [2.75, 3.05) is 10.8 Å². The number of benzene rings is 2. The number of hydrogen-bond donors (Lipinski definition) is 0. The maximum Gasteiger partial charge on any atom is 0.129 e. The van der Waals surface area contributed by atoms with E-state index in [0.717, 1.165) is 16.9 Å². The van der Waals surface area contributed by atoms with Crippen LogP contribution in [0.15, 0.2) is 64.2 Å². The Morgan fingerprint density at radius 2 is 1.52 bits per heavy atom. The van der Waals surface area contributed by atoms with Crippen LogP contribution in [0.4, 0.5) is 11.4 Å². The normalized spacial score (nSPS) is 12.4. The SMILES string of the molecule is Cc1ccc(N=C(CCl)N(/C(Cl)=C\Cl)c2ccc(C)cc2)cc1. The minimum absolute atomic E-state index is 0.197. The summed E-state index contributed by atoms with van der Waals surface area (Å²) in [7, 11) is 0. The Hall–Kier alpha value is -1.48. The van der Waals surface area contributed by atoms with Gasteiger partial charge in [0.2, 0.25) is 0 Å². The van der Waals surface area contributed by atoms with E-state index >= 15 is 0 Å². The van der Waals surface area contributed by atoms with E-state index in [1.807, 2.05) is 62.4 Å². The Labute approximate surface area is 152 Å². The van der Waals surface area contributed by atoms with Crippen LogP contribution in [0.2, 0.25) is 0 Å². The summed E-state index contributed by atoms with van der Waals surface area (Å²) in [6, 6.07) is 15.8. The standard InChI is InChI=1S/C18H17Cl3N2/c1-13-3-7-15(8-4-13)22-18(12-20)23(17(21)11-19)16-9-5-14(2)6-10-16/h3-11H,12H2,1-2H3/b17-11-,22-18?. The van der Waals surface area contributed by atoms with Crippen molar-refractivity contribution in [3.63, 3.8) is 0 Å². The lowest BCUT2D eigenvalue weighted by Gasteiger charge is -2.24. The molecule has 0 fully saturated rings. The van der Waals surface area contributed by atoms with Crippen LogP contribution in [-0.4, -0.2) is 11.7 Å². The minimum atomic E-state index is 0.197. The monoisotopic (exact) mass is 366 g/mol. The van der Waals surface area contributed by atoms with Gasteiger partial charge in [-0.2, -0.15) is 0 Å². The molecule has 0 aromatic heterocycles. The van der Waals surface area contributed by atoms with Crippen LogP contribution in [0.25, 0.3) is 0 Å². The summed E-state index contributed by atoms with van der Waals surface area (Å²) in [5.74, 6) is 0.796. The van der Waals surface area contributed by atoms with Crippen LogP contribution >= 0.6 is 34.8 Å². The average molecular weight is 368 g/mol. The second-order valence-corrected chi connectivity index (χ2v) is 5.97. The van der Waals surface area contributed by atoms with Crippen molar-refractivity contribution in [1.29, 1.82) is 0 Å². The number of hydrogen-bond acceptors (Lipinski definition) is 1. The largest absolute Gasteiger partial charge is 0.287 e. The third-order valence-electron chi connectivity index (χ3n) is 3.27. The maximum atomic E-state index is 6.29. The summed E-state index contributed by atoms with van der Waals surface area (Å²) < 4.78 is 0. The van der Waals surface area contributed by atoms with Gasteiger partial charge in [0.15, 0.2) is 0 Å². The zero-order chi connectivity index (χ0) is 16.8. The highest BCUT2D eigenvalue weighted by molar-refractivity contribution is 6.41. The first-order chi connectivity index (χ1) is 11.0. The Morgan fingerprint density at radius 1 is 1.00 bits per heavy atom. The van der Waals surface area contributed by atoms with E-state index in [-0.39, 0.29) is 5.88 Å². The molecule has 2 rings (SSSR count). The minimum Gasteiger partial charge on any atom is -0.287 e. The van der Waals surface area contributed by atoms with Crippen LogP contribution in [0, 0.1) is 13.8 Å². The number of aryl methyl sites for hydroxylation is 2. The molecule has 0 amide bonds. The van der Waals surface area contributed by atoms with Crippen LogP contribution in [-0.2, 0) is 0 Å². The number of nitrogens with zero attached hydrogens (tertiary/aromatic N) is 2. The van der Waals surface area contributed by atoms with Gasteiger partial charge in [-0.3, -0.25) is 4.90 Å². The second-order valence-electron chi connectivity index (χ2n) is 5.10. The molecule has 23 heavy (non-hydrogen) atoms. The van der Waals surface area contributed by atoms with Crippen LogP contribution < -0.4 is 4.90 Å². The van der Waals surface area contributed by atoms with Crippen molar-refractivity contribution in [2.45, 2.75) is 13.8 Å². The van der Waals surface area contributed by atoms with Gasteiger partial charge in [0.1, 0.15) is 11.0 Å². The molecule has 0 N–H and O–H groups in total. The molecule has 2 aromatic carbocycles. The average Bonchev–Trinajstić information content (AvgIpc) is 2.57. The second kappa shape index (κ2) is 8.39. The number of anilines is 1. The van der Waals surface area contributed by atoms with Gasteiger partial charge >= 0.3 is 0 Å². The molecule has 0 aliphatic heterocycles. The van der Waals surface area contributed by atoms with Crippen LogP contribution in [0.3, 0.4) is 0 Å². The summed E-state index contributed by atoms with van der Waals surface area (Å²) in [5, 5.41) is 0.335. The number of aliphatic imine (C=N–C) groups is 1. The van der Waals surface area contributed by atoms with E-state index < -0.39 is 0 Å². The maximum absolute atomic E-state index is 6.29. The van der Waals surface area contributed by atoms with Gasteiger partial charge in [-0.25, -0.2) is 4.99 Å². The molecular formula is C18H17Cl3N2. The molecule has 0 saturated heterocycles. The molecule has 0 unspecified atom stereocenters. The molecule has 120 valence electrons. The summed E-state index contributed by atoms with van der Waals surface area (Å²) >= 11 is 18.2. The Bertz CT molecular complexity index is 704. The first-order valence-electron chi connectivity index (χ1n) is 7.08. The predicted molar refractivity (Wildman–Crippen MR) is 102 cm³/mol. The molecule has 0 spiro atoms. The van der Waals surface area contributed by atoms with Gasteiger partial charge < -0.3 is 0 Å². The van der Waals surface area contributed by atoms with Gasteiger partial charge in [-0.05, 0) is 38.1 Å². The van der Waals surface area contributed by atoms with Crippen molar-refractivity contribution in [1.82, 2.24) is 0 Å². The van der Waals surface area contributed by atoms with Crippen molar-refractivity contribution in [2.24, 2.45) is 4.99 Å². The molecule has 0 aliphatic carbocycles. The molecule has 0 heterocycles. The van der Waals surface area contributed by atoms with E-state index in [0.29, 0.717) is 11.0 Å². The summed E-state index contributed by atoms with van der Waals surface area (Å²) in [4.78, 5) is 6.35. The van der Waals surface area contributed by atoms with Gasteiger partial charge in [-0.1, -0.05) is 58.6 Å².